The van der Waals surface area contributed by atoms with E-state index < -0.39 is 47.9 Å². The molecule has 47 heavy (non-hydrogen) atoms. The van der Waals surface area contributed by atoms with E-state index in [9.17, 15) is 24.3 Å². The lowest BCUT2D eigenvalue weighted by Crippen LogP contribution is -2.56. The van der Waals surface area contributed by atoms with E-state index in [-0.39, 0.29) is 36.8 Å². The number of cyclic esters (lactones) is 1. The number of H-pyrrole nitrogens is 1. The molecule has 2 heterocycles. The average Bonchev–Trinajstić information content (AvgIpc) is 3.44. The number of aromatic amines is 1. The maximum Gasteiger partial charge on any atom is 0.328 e. The maximum absolute atomic E-state index is 14.0. The second kappa shape index (κ2) is 17.0. The minimum atomic E-state index is -1.06. The van der Waals surface area contributed by atoms with E-state index in [1.165, 1.54) is 12.1 Å². The predicted molar refractivity (Wildman–Crippen MR) is 181 cm³/mol. The quantitative estimate of drug-likeness (QED) is 0.137. The maximum atomic E-state index is 14.0. The van der Waals surface area contributed by atoms with Gasteiger partial charge < -0.3 is 30.8 Å². The van der Waals surface area contributed by atoms with Crippen molar-refractivity contribution in [2.45, 2.75) is 110 Å². The third kappa shape index (κ3) is 10.3. The van der Waals surface area contributed by atoms with Gasteiger partial charge in [-0.2, -0.15) is 0 Å². The fourth-order valence-electron chi connectivity index (χ4n) is 6.14. The molecule has 0 radical (unpaired) electrons. The Morgan fingerprint density at radius 1 is 0.830 bits per heavy atom. The molecule has 4 rings (SSSR count). The minimum absolute atomic E-state index is 0.0578. The van der Waals surface area contributed by atoms with E-state index in [1.807, 2.05) is 51.2 Å². The van der Waals surface area contributed by atoms with Gasteiger partial charge in [0.15, 0.2) is 0 Å². The van der Waals surface area contributed by atoms with Crippen molar-refractivity contribution in [2.24, 2.45) is 11.8 Å². The Morgan fingerprint density at radius 3 is 2.21 bits per heavy atom. The number of carbonyl (C=O) groups excluding carboxylic acids is 4. The van der Waals surface area contributed by atoms with Crippen LogP contribution >= 0.6 is 0 Å². The fourth-order valence-corrected chi connectivity index (χ4v) is 6.14. The molecule has 0 bridgehead atoms. The normalized spacial score (nSPS) is 22.0. The molecule has 0 unspecified atom stereocenters. The Labute approximate surface area is 277 Å². The van der Waals surface area contributed by atoms with Gasteiger partial charge in [0, 0.05) is 29.9 Å². The zero-order chi connectivity index (χ0) is 33.9. The van der Waals surface area contributed by atoms with Crippen molar-refractivity contribution in [1.82, 2.24) is 20.9 Å². The molecule has 1 aliphatic heterocycles. The standard InChI is InChI=1S/C37H50N4O6/c1-5-6-7-8-11-24(4)33-21-34(43)39-31(20-26-22-38-29-13-10-9-12-28(26)29)36(45)40-30(19-25-14-16-27(42)17-15-25)35(44)41-32(18-23(2)3)37(46)47-33/h9-10,12-17,22-24,30-33,38,42H,5-8,11,18-21H2,1-4H3,(H,39,43)(H,40,45)(H,41,44)/t24-,30-,31-,32+,33-/m0/s1. The lowest BCUT2D eigenvalue weighted by atomic mass is 9.94. The summed E-state index contributed by atoms with van der Waals surface area (Å²) < 4.78 is 6.05. The predicted octanol–water partition coefficient (Wildman–Crippen LogP) is 5.08. The highest BCUT2D eigenvalue weighted by molar-refractivity contribution is 5.95. The summed E-state index contributed by atoms with van der Waals surface area (Å²) >= 11 is 0. The van der Waals surface area contributed by atoms with E-state index in [2.05, 4.69) is 27.9 Å². The fraction of sp³-hybridized carbons (Fsp3) is 0.514. The number of nitrogens with one attached hydrogen (secondary N) is 4. The van der Waals surface area contributed by atoms with Crippen LogP contribution in [0.3, 0.4) is 0 Å². The number of benzene rings is 2. The monoisotopic (exact) mass is 646 g/mol. The first-order chi connectivity index (χ1) is 22.5. The van der Waals surface area contributed by atoms with Crippen molar-refractivity contribution in [3.63, 3.8) is 0 Å². The van der Waals surface area contributed by atoms with Crippen molar-refractivity contribution < 1.29 is 29.0 Å². The van der Waals surface area contributed by atoms with Gasteiger partial charge in [0.05, 0.1) is 6.42 Å². The van der Waals surface area contributed by atoms with Gasteiger partial charge in [0.1, 0.15) is 30.0 Å². The second-order valence-corrected chi connectivity index (χ2v) is 13.3. The van der Waals surface area contributed by atoms with Crippen LogP contribution in [0.15, 0.2) is 54.7 Å². The van der Waals surface area contributed by atoms with Gasteiger partial charge in [-0.1, -0.05) is 83.7 Å². The molecule has 1 aliphatic rings. The molecule has 0 spiro atoms. The summed E-state index contributed by atoms with van der Waals surface area (Å²) in [6.45, 7) is 8.03. The zero-order valence-corrected chi connectivity index (χ0v) is 28.0. The van der Waals surface area contributed by atoms with Crippen molar-refractivity contribution in [3.8, 4) is 5.75 Å². The van der Waals surface area contributed by atoms with Gasteiger partial charge in [-0.05, 0) is 54.0 Å². The van der Waals surface area contributed by atoms with Gasteiger partial charge >= 0.3 is 5.97 Å². The smallest absolute Gasteiger partial charge is 0.328 e. The van der Waals surface area contributed by atoms with Crippen molar-refractivity contribution in [3.05, 3.63) is 65.9 Å². The van der Waals surface area contributed by atoms with E-state index in [0.29, 0.717) is 12.0 Å². The van der Waals surface area contributed by atoms with Gasteiger partial charge in [-0.25, -0.2) is 4.79 Å². The van der Waals surface area contributed by atoms with Crippen molar-refractivity contribution in [1.29, 1.82) is 0 Å². The first-order valence-corrected chi connectivity index (χ1v) is 17.0. The van der Waals surface area contributed by atoms with Gasteiger partial charge in [0.2, 0.25) is 17.7 Å². The molecule has 10 nitrogen and oxygen atoms in total. The molecular formula is C37H50N4O6. The van der Waals surface area contributed by atoms with Crippen molar-refractivity contribution >= 4 is 34.6 Å². The molecule has 1 saturated heterocycles. The Bertz CT molecular complexity index is 1500. The summed E-state index contributed by atoms with van der Waals surface area (Å²) in [5.74, 6) is -2.01. The molecule has 5 atom stereocenters. The number of aromatic nitrogens is 1. The molecule has 2 aromatic carbocycles. The van der Waals surface area contributed by atoms with E-state index in [0.717, 1.165) is 48.6 Å². The van der Waals surface area contributed by atoms with Crippen LogP contribution in [0.5, 0.6) is 5.75 Å². The number of carbonyl (C=O) groups is 4. The highest BCUT2D eigenvalue weighted by Gasteiger charge is 2.35. The van der Waals surface area contributed by atoms with Crippen LogP contribution in [0.2, 0.25) is 0 Å². The molecule has 1 aromatic heterocycles. The second-order valence-electron chi connectivity index (χ2n) is 13.3. The molecule has 3 aromatic rings. The van der Waals surface area contributed by atoms with Crippen LogP contribution < -0.4 is 16.0 Å². The molecule has 3 amide bonds. The summed E-state index contributed by atoms with van der Waals surface area (Å²) in [5.41, 5.74) is 2.45. The summed E-state index contributed by atoms with van der Waals surface area (Å²) in [5, 5.41) is 19.4. The number of esters is 1. The van der Waals surface area contributed by atoms with Crippen LogP contribution in [-0.4, -0.2) is 58.0 Å². The highest BCUT2D eigenvalue weighted by Crippen LogP contribution is 2.23. The largest absolute Gasteiger partial charge is 0.508 e. The number of ether oxygens (including phenoxy) is 1. The number of phenols is 1. The van der Waals surface area contributed by atoms with Crippen LogP contribution in [-0.2, 0) is 36.8 Å². The lowest BCUT2D eigenvalue weighted by Gasteiger charge is -2.27. The van der Waals surface area contributed by atoms with E-state index in [1.54, 1.807) is 12.1 Å². The number of amides is 3. The number of phenolic OH excluding ortho intramolecular Hbond substituents is 1. The number of hydrogen-bond donors (Lipinski definition) is 5. The Balaban J connectivity index is 1.68. The van der Waals surface area contributed by atoms with Crippen molar-refractivity contribution in [2.75, 3.05) is 0 Å². The Morgan fingerprint density at radius 2 is 1.51 bits per heavy atom. The number of para-hydroxylation sites is 1. The van der Waals surface area contributed by atoms with Crippen LogP contribution in [0.4, 0.5) is 0 Å². The highest BCUT2D eigenvalue weighted by atomic mass is 16.5. The molecule has 5 N–H and O–H groups in total. The molecular weight excluding hydrogens is 596 g/mol. The minimum Gasteiger partial charge on any atom is -0.508 e. The summed E-state index contributed by atoms with van der Waals surface area (Å²) in [7, 11) is 0. The van der Waals surface area contributed by atoms with Crippen LogP contribution in [0.1, 0.15) is 83.8 Å². The number of fused-ring (bicyclic) bond motifs is 1. The number of rotatable bonds is 12. The van der Waals surface area contributed by atoms with E-state index in [4.69, 9.17) is 4.74 Å². The Hall–Kier alpha value is -4.34. The third-order valence-electron chi connectivity index (χ3n) is 8.87. The first-order valence-electron chi connectivity index (χ1n) is 17.0. The topological polar surface area (TPSA) is 150 Å². The van der Waals surface area contributed by atoms with Crippen LogP contribution in [0, 0.1) is 11.8 Å². The molecule has 10 heteroatoms. The average molecular weight is 647 g/mol. The van der Waals surface area contributed by atoms with Gasteiger partial charge in [0.25, 0.3) is 0 Å². The third-order valence-corrected chi connectivity index (χ3v) is 8.87. The Kier molecular flexibility index (Phi) is 12.8. The molecule has 0 saturated carbocycles. The summed E-state index contributed by atoms with van der Waals surface area (Å²) in [4.78, 5) is 58.4. The SMILES string of the molecule is CCCCCC[C@H](C)[C@@H]1CC(=O)N[C@@H](Cc2c[nH]c3ccccc23)C(=O)N[C@@H](Cc2ccc(O)cc2)C(=O)N[C@H](CC(C)C)C(=O)O1. The molecule has 254 valence electrons. The van der Waals surface area contributed by atoms with Gasteiger partial charge in [-0.15, -0.1) is 0 Å². The molecule has 1 fully saturated rings. The number of unbranched alkanes of at least 4 members (excludes halogenated alkanes) is 3. The molecule has 0 aliphatic carbocycles. The number of hydrogen-bond acceptors (Lipinski definition) is 6. The zero-order valence-electron chi connectivity index (χ0n) is 28.0. The summed E-state index contributed by atoms with van der Waals surface area (Å²) in [6.07, 6.45) is 6.60. The number of aromatic hydroxyl groups is 1. The van der Waals surface area contributed by atoms with Gasteiger partial charge in [-0.3, -0.25) is 14.4 Å². The lowest BCUT2D eigenvalue weighted by molar-refractivity contribution is -0.157. The van der Waals surface area contributed by atoms with E-state index >= 15 is 0 Å². The van der Waals surface area contributed by atoms with Crippen LogP contribution in [0.25, 0.3) is 10.9 Å². The first kappa shape index (κ1) is 35.5. The summed E-state index contributed by atoms with van der Waals surface area (Å²) in [6, 6.07) is 11.1.